The Kier molecular flexibility index (Phi) is 5.71. The van der Waals surface area contributed by atoms with E-state index in [1.54, 1.807) is 6.08 Å². The molecule has 0 radical (unpaired) electrons. The van der Waals surface area contributed by atoms with Crippen LogP contribution in [0.1, 0.15) is 44.4 Å². The van der Waals surface area contributed by atoms with Crippen LogP contribution in [0.25, 0.3) is 5.70 Å². The Morgan fingerprint density at radius 2 is 1.95 bits per heavy atom. The third-order valence-corrected chi connectivity index (χ3v) is 3.43. The smallest absolute Gasteiger partial charge is 0.0387 e. The zero-order valence-electron chi connectivity index (χ0n) is 13.5. The van der Waals surface area contributed by atoms with Crippen molar-refractivity contribution >= 4 is 11.9 Å². The fourth-order valence-corrected chi connectivity index (χ4v) is 2.03. The second-order valence-electron chi connectivity index (χ2n) is 6.16. The standard InChI is InChI=1S/C11H11N.C8H15N/c1-2-3-11(12)9-5-4-8-6-10(8)7-9;1-5-7(6-9)8(2,3)4/h2-5,7H,1,6,12H2;5-6,9H,1-4H3/b11-3-;7-5+,9-6?. The average molecular weight is 282 g/mol. The minimum absolute atomic E-state index is 0.135. The molecular formula is C19H26N2. The van der Waals surface area contributed by atoms with E-state index in [0.717, 1.165) is 23.3 Å². The number of hydrogen-bond acceptors (Lipinski definition) is 2. The molecule has 2 rings (SSSR count). The first kappa shape index (κ1) is 17.0. The first-order chi connectivity index (χ1) is 9.83. The van der Waals surface area contributed by atoms with Gasteiger partial charge in [-0.3, -0.25) is 0 Å². The van der Waals surface area contributed by atoms with E-state index in [4.69, 9.17) is 11.1 Å². The lowest BCUT2D eigenvalue weighted by molar-refractivity contribution is 0.525. The van der Waals surface area contributed by atoms with Crippen molar-refractivity contribution in [1.82, 2.24) is 0 Å². The second-order valence-corrected chi connectivity index (χ2v) is 6.16. The fraction of sp³-hybridized carbons (Fsp3) is 0.316. The van der Waals surface area contributed by atoms with Gasteiger partial charge in [-0.05, 0) is 53.2 Å². The Bertz CT molecular complexity index is 584. The summed E-state index contributed by atoms with van der Waals surface area (Å²) in [5.41, 5.74) is 11.8. The van der Waals surface area contributed by atoms with Crippen LogP contribution in [0.4, 0.5) is 0 Å². The largest absolute Gasteiger partial charge is 0.398 e. The Labute approximate surface area is 128 Å². The van der Waals surface area contributed by atoms with E-state index in [9.17, 15) is 0 Å². The van der Waals surface area contributed by atoms with Crippen LogP contribution in [0, 0.1) is 10.8 Å². The highest BCUT2D eigenvalue weighted by Gasteiger charge is 2.16. The molecule has 0 spiro atoms. The molecule has 1 aliphatic carbocycles. The fourth-order valence-electron chi connectivity index (χ4n) is 2.03. The van der Waals surface area contributed by atoms with Gasteiger partial charge in [-0.2, -0.15) is 0 Å². The number of nitrogens with one attached hydrogen (secondary N) is 1. The molecule has 112 valence electrons. The highest BCUT2D eigenvalue weighted by molar-refractivity contribution is 5.77. The van der Waals surface area contributed by atoms with Crippen LogP contribution >= 0.6 is 0 Å². The molecule has 21 heavy (non-hydrogen) atoms. The van der Waals surface area contributed by atoms with Gasteiger partial charge in [-0.1, -0.05) is 51.6 Å². The molecule has 0 bridgehead atoms. The maximum Gasteiger partial charge on any atom is 0.0387 e. The molecule has 0 heterocycles. The molecule has 0 saturated carbocycles. The van der Waals surface area contributed by atoms with Gasteiger partial charge in [0.1, 0.15) is 0 Å². The van der Waals surface area contributed by atoms with Crippen LogP contribution in [0.5, 0.6) is 0 Å². The lowest BCUT2D eigenvalue weighted by atomic mass is 9.87. The molecule has 2 heteroatoms. The molecule has 0 aliphatic heterocycles. The number of nitrogens with two attached hydrogens (primary N) is 1. The van der Waals surface area contributed by atoms with Gasteiger partial charge < -0.3 is 11.1 Å². The van der Waals surface area contributed by atoms with E-state index in [1.165, 1.54) is 17.3 Å². The van der Waals surface area contributed by atoms with Gasteiger partial charge in [0.15, 0.2) is 0 Å². The quantitative estimate of drug-likeness (QED) is 0.622. The van der Waals surface area contributed by atoms with Crippen molar-refractivity contribution < 1.29 is 0 Å². The average Bonchev–Trinajstić information content (AvgIpc) is 3.17. The first-order valence-corrected chi connectivity index (χ1v) is 7.21. The van der Waals surface area contributed by atoms with Crippen molar-refractivity contribution in [3.63, 3.8) is 0 Å². The normalized spacial score (nSPS) is 13.7. The molecule has 1 aliphatic rings. The van der Waals surface area contributed by atoms with Gasteiger partial charge in [0.2, 0.25) is 0 Å². The second kappa shape index (κ2) is 7.07. The molecule has 1 aromatic carbocycles. The SMILES string of the molecule is C/C=C(\C=N)C(C)(C)C.C=C/C=C(\N)c1ccc2c(c1)C2. The van der Waals surface area contributed by atoms with Crippen LogP contribution in [-0.2, 0) is 6.42 Å². The van der Waals surface area contributed by atoms with Gasteiger partial charge in [0, 0.05) is 11.9 Å². The van der Waals surface area contributed by atoms with Crippen LogP contribution in [-0.4, -0.2) is 6.21 Å². The molecule has 0 fully saturated rings. The Hall–Kier alpha value is -2.09. The number of fused-ring (bicyclic) bond motifs is 1. The summed E-state index contributed by atoms with van der Waals surface area (Å²) < 4.78 is 0. The third-order valence-electron chi connectivity index (χ3n) is 3.43. The number of rotatable bonds is 3. The van der Waals surface area contributed by atoms with Crippen LogP contribution < -0.4 is 5.73 Å². The van der Waals surface area contributed by atoms with E-state index < -0.39 is 0 Å². The Balaban J connectivity index is 0.000000222. The van der Waals surface area contributed by atoms with Gasteiger partial charge >= 0.3 is 0 Å². The topological polar surface area (TPSA) is 49.9 Å². The van der Waals surface area contributed by atoms with E-state index in [2.05, 4.69) is 45.5 Å². The van der Waals surface area contributed by atoms with Crippen LogP contribution in [0.15, 0.2) is 48.6 Å². The number of hydrogen-bond donors (Lipinski definition) is 2. The third kappa shape index (κ3) is 5.07. The summed E-state index contributed by atoms with van der Waals surface area (Å²) in [4.78, 5) is 0. The summed E-state index contributed by atoms with van der Waals surface area (Å²) in [6.07, 6.45) is 8.07. The van der Waals surface area contributed by atoms with Gasteiger partial charge in [0.25, 0.3) is 0 Å². The summed E-state index contributed by atoms with van der Waals surface area (Å²) in [6, 6.07) is 6.33. The van der Waals surface area contributed by atoms with Gasteiger partial charge in [-0.15, -0.1) is 0 Å². The summed E-state index contributed by atoms with van der Waals surface area (Å²) in [5, 5.41) is 7.02. The molecule has 3 N–H and O–H groups in total. The molecule has 0 unspecified atom stereocenters. The van der Waals surface area contributed by atoms with Gasteiger partial charge in [-0.25, -0.2) is 0 Å². The van der Waals surface area contributed by atoms with Crippen LogP contribution in [0.3, 0.4) is 0 Å². The van der Waals surface area contributed by atoms with Crippen molar-refractivity contribution in [2.75, 3.05) is 0 Å². The van der Waals surface area contributed by atoms with E-state index in [0.29, 0.717) is 0 Å². The maximum absolute atomic E-state index is 7.02. The molecule has 0 atom stereocenters. The van der Waals surface area contributed by atoms with Crippen molar-refractivity contribution in [3.8, 4) is 0 Å². The predicted octanol–water partition coefficient (Wildman–Crippen LogP) is 4.70. The van der Waals surface area contributed by atoms with Crippen molar-refractivity contribution in [2.45, 2.75) is 34.1 Å². The predicted molar refractivity (Wildman–Crippen MR) is 93.6 cm³/mol. The highest BCUT2D eigenvalue weighted by atomic mass is 14.6. The summed E-state index contributed by atoms with van der Waals surface area (Å²) in [7, 11) is 0. The Morgan fingerprint density at radius 1 is 1.29 bits per heavy atom. The highest BCUT2D eigenvalue weighted by Crippen LogP contribution is 2.29. The Morgan fingerprint density at radius 3 is 2.33 bits per heavy atom. The van der Waals surface area contributed by atoms with Gasteiger partial charge in [0.05, 0.1) is 0 Å². The monoisotopic (exact) mass is 282 g/mol. The zero-order valence-corrected chi connectivity index (χ0v) is 13.5. The minimum atomic E-state index is 0.135. The minimum Gasteiger partial charge on any atom is -0.398 e. The molecule has 0 saturated heterocycles. The lowest BCUT2D eigenvalue weighted by Gasteiger charge is -2.18. The first-order valence-electron chi connectivity index (χ1n) is 7.21. The number of allylic oxidation sites excluding steroid dienone is 4. The summed E-state index contributed by atoms with van der Waals surface area (Å²) in [6.45, 7) is 11.9. The maximum atomic E-state index is 7.02. The molecule has 0 aromatic heterocycles. The van der Waals surface area contributed by atoms with Crippen molar-refractivity contribution in [3.05, 3.63) is 65.3 Å². The number of benzene rings is 1. The van der Waals surface area contributed by atoms with Crippen molar-refractivity contribution in [2.24, 2.45) is 11.1 Å². The summed E-state index contributed by atoms with van der Waals surface area (Å²) in [5.74, 6) is 0. The van der Waals surface area contributed by atoms with Crippen molar-refractivity contribution in [1.29, 1.82) is 5.41 Å². The molecule has 0 amide bonds. The van der Waals surface area contributed by atoms with E-state index in [1.807, 2.05) is 19.1 Å². The zero-order chi connectivity index (χ0) is 16.0. The lowest BCUT2D eigenvalue weighted by Crippen LogP contribution is -2.09. The van der Waals surface area contributed by atoms with Crippen LogP contribution in [0.2, 0.25) is 0 Å². The van der Waals surface area contributed by atoms with E-state index in [-0.39, 0.29) is 5.41 Å². The summed E-state index contributed by atoms with van der Waals surface area (Å²) >= 11 is 0. The molecule has 2 nitrogen and oxygen atoms in total. The molecular weight excluding hydrogens is 256 g/mol. The molecule has 1 aromatic rings. The van der Waals surface area contributed by atoms with E-state index >= 15 is 0 Å².